The average Bonchev–Trinajstić information content (AvgIpc) is 3.04. The maximum Gasteiger partial charge on any atom is 0.161 e. The first-order valence-corrected chi connectivity index (χ1v) is 5.41. The minimum Gasteiger partial charge on any atom is -0.493 e. The largest absolute Gasteiger partial charge is 0.493 e. The van der Waals surface area contributed by atoms with E-state index in [2.05, 4.69) is 15.9 Å². The number of halogens is 3. The Morgan fingerprint density at radius 2 is 2.13 bits per heavy atom. The summed E-state index contributed by atoms with van der Waals surface area (Å²) in [5.74, 6) is -0.260. The Balaban J connectivity index is 2.41. The van der Waals surface area contributed by atoms with Gasteiger partial charge in [0.05, 0.1) is 17.6 Å². The lowest BCUT2D eigenvalue weighted by atomic mass is 10.2. The third-order valence-corrected chi connectivity index (χ3v) is 3.07. The van der Waals surface area contributed by atoms with E-state index in [0.29, 0.717) is 5.12 Å². The predicted molar refractivity (Wildman–Crippen MR) is 57.3 cm³/mol. The summed E-state index contributed by atoms with van der Waals surface area (Å²) in [5, 5.41) is 0.642. The minimum atomic E-state index is -0.459. The number of benzene rings is 1. The first-order valence-electron chi connectivity index (χ1n) is 4.62. The molecule has 0 saturated heterocycles. The fourth-order valence-corrected chi connectivity index (χ4v) is 1.88. The van der Waals surface area contributed by atoms with Crippen LogP contribution in [0.1, 0.15) is 12.8 Å². The zero-order valence-corrected chi connectivity index (χ0v) is 9.72. The molecule has 0 bridgehead atoms. The van der Waals surface area contributed by atoms with Crippen LogP contribution in [0.5, 0.6) is 5.75 Å². The van der Waals surface area contributed by atoms with Crippen LogP contribution in [0.15, 0.2) is 16.6 Å². The number of methoxy groups -OCH3 is 1. The maximum atomic E-state index is 13.7. The fraction of sp³-hybridized carbons (Fsp3) is 0.400. The molecule has 0 heterocycles. The second-order valence-corrected chi connectivity index (χ2v) is 4.25. The lowest BCUT2D eigenvalue weighted by Gasteiger charge is -2.17. The van der Waals surface area contributed by atoms with Crippen molar-refractivity contribution in [3.63, 3.8) is 0 Å². The van der Waals surface area contributed by atoms with E-state index in [1.165, 1.54) is 19.2 Å². The minimum absolute atomic E-state index is 0.0868. The Hall–Kier alpha value is -0.840. The van der Waals surface area contributed by atoms with Gasteiger partial charge in [0.1, 0.15) is 11.5 Å². The number of nitrogens with zero attached hydrogens (tertiary/aromatic N) is 1. The van der Waals surface area contributed by atoms with E-state index >= 15 is 0 Å². The normalized spacial score (nSPS) is 15.2. The summed E-state index contributed by atoms with van der Waals surface area (Å²) in [6.45, 7) is 0. The molecule has 1 saturated carbocycles. The third kappa shape index (κ3) is 1.93. The van der Waals surface area contributed by atoms with Crippen molar-refractivity contribution in [1.82, 2.24) is 0 Å². The summed E-state index contributed by atoms with van der Waals surface area (Å²) in [6, 6.07) is 2.52. The molecule has 1 aliphatic rings. The first-order chi connectivity index (χ1) is 7.15. The maximum absolute atomic E-state index is 13.7. The molecular weight excluding hydrogens is 268 g/mol. The molecule has 0 N–H and O–H groups in total. The van der Waals surface area contributed by atoms with E-state index in [-0.39, 0.29) is 22.0 Å². The van der Waals surface area contributed by atoms with Crippen molar-refractivity contribution in [2.45, 2.75) is 18.9 Å². The van der Waals surface area contributed by atoms with Crippen molar-refractivity contribution >= 4 is 21.6 Å². The monoisotopic (exact) mass is 277 g/mol. The van der Waals surface area contributed by atoms with Crippen LogP contribution in [0.4, 0.5) is 14.6 Å². The Labute approximate surface area is 94.9 Å². The van der Waals surface area contributed by atoms with Crippen molar-refractivity contribution in [2.24, 2.45) is 0 Å². The lowest BCUT2D eigenvalue weighted by molar-refractivity contribution is 0.382. The smallest absolute Gasteiger partial charge is 0.161 e. The van der Waals surface area contributed by atoms with Crippen molar-refractivity contribution < 1.29 is 13.6 Å². The van der Waals surface area contributed by atoms with Gasteiger partial charge in [-0.15, -0.1) is 0 Å². The van der Waals surface area contributed by atoms with E-state index < -0.39 is 5.82 Å². The molecule has 1 aromatic rings. The van der Waals surface area contributed by atoms with E-state index in [9.17, 15) is 8.87 Å². The molecule has 0 spiro atoms. The molecule has 0 amide bonds. The van der Waals surface area contributed by atoms with Crippen LogP contribution < -0.4 is 9.86 Å². The highest BCUT2D eigenvalue weighted by atomic mass is 79.9. The van der Waals surface area contributed by atoms with Gasteiger partial charge in [0.15, 0.2) is 5.75 Å². The summed E-state index contributed by atoms with van der Waals surface area (Å²) in [4.78, 5) is 0. The SMILES string of the molecule is COc1c(N(F)C2CC2)ccc(F)c1Br. The molecule has 0 atom stereocenters. The average molecular weight is 278 g/mol. The molecule has 5 heteroatoms. The Kier molecular flexibility index (Phi) is 2.82. The van der Waals surface area contributed by atoms with Crippen molar-refractivity contribution in [3.8, 4) is 5.75 Å². The fourth-order valence-electron chi connectivity index (χ4n) is 1.38. The van der Waals surface area contributed by atoms with Gasteiger partial charge in [0, 0.05) is 0 Å². The second kappa shape index (κ2) is 3.96. The highest BCUT2D eigenvalue weighted by Gasteiger charge is 2.32. The molecule has 15 heavy (non-hydrogen) atoms. The van der Waals surface area contributed by atoms with Crippen LogP contribution >= 0.6 is 15.9 Å². The molecule has 2 rings (SSSR count). The standard InChI is InChI=1S/C10H10BrF2NO/c1-15-10-8(14(13)6-2-3-6)5-4-7(12)9(10)11/h4-6H,2-3H2,1H3. The van der Waals surface area contributed by atoms with Crippen LogP contribution in [-0.4, -0.2) is 13.2 Å². The molecular formula is C10H10BrF2NO. The van der Waals surface area contributed by atoms with E-state index in [0.717, 1.165) is 12.8 Å². The van der Waals surface area contributed by atoms with Gasteiger partial charge >= 0.3 is 0 Å². The van der Waals surface area contributed by atoms with Gasteiger partial charge in [-0.1, -0.05) is 4.48 Å². The first kappa shape index (κ1) is 10.7. The van der Waals surface area contributed by atoms with E-state index in [1.54, 1.807) is 0 Å². The molecule has 2 nitrogen and oxygen atoms in total. The molecule has 0 aliphatic heterocycles. The number of ether oxygens (including phenoxy) is 1. The van der Waals surface area contributed by atoms with Gasteiger partial charge < -0.3 is 4.74 Å². The van der Waals surface area contributed by atoms with Crippen LogP contribution in [0, 0.1) is 5.82 Å². The number of hydrogen-bond donors (Lipinski definition) is 0. The van der Waals surface area contributed by atoms with Crippen LogP contribution in [0.25, 0.3) is 0 Å². The lowest BCUT2D eigenvalue weighted by Crippen LogP contribution is -2.15. The second-order valence-electron chi connectivity index (χ2n) is 3.46. The topological polar surface area (TPSA) is 12.5 Å². The molecule has 1 fully saturated rings. The van der Waals surface area contributed by atoms with Crippen molar-refractivity contribution in [1.29, 1.82) is 0 Å². The van der Waals surface area contributed by atoms with Crippen LogP contribution in [0.2, 0.25) is 0 Å². The van der Waals surface area contributed by atoms with Gasteiger partial charge in [0.2, 0.25) is 0 Å². The number of anilines is 1. The zero-order valence-electron chi connectivity index (χ0n) is 8.14. The zero-order chi connectivity index (χ0) is 11.0. The quantitative estimate of drug-likeness (QED) is 0.785. The summed E-state index contributed by atoms with van der Waals surface area (Å²) in [7, 11) is 1.39. The Morgan fingerprint density at radius 3 is 2.67 bits per heavy atom. The van der Waals surface area contributed by atoms with Crippen molar-refractivity contribution in [3.05, 3.63) is 22.4 Å². The highest BCUT2D eigenvalue weighted by molar-refractivity contribution is 9.10. The Morgan fingerprint density at radius 1 is 1.47 bits per heavy atom. The number of rotatable bonds is 3. The molecule has 82 valence electrons. The molecule has 0 radical (unpaired) electrons. The van der Waals surface area contributed by atoms with E-state index in [1.807, 2.05) is 0 Å². The van der Waals surface area contributed by atoms with Crippen molar-refractivity contribution in [2.75, 3.05) is 12.2 Å². The van der Waals surface area contributed by atoms with Gasteiger partial charge in [-0.2, -0.15) is 0 Å². The van der Waals surface area contributed by atoms with Crippen LogP contribution in [-0.2, 0) is 0 Å². The summed E-state index contributed by atoms with van der Waals surface area (Å²) in [5.41, 5.74) is 0.272. The molecule has 0 aromatic heterocycles. The third-order valence-electron chi connectivity index (χ3n) is 2.33. The molecule has 0 unspecified atom stereocenters. The summed E-state index contributed by atoms with van der Waals surface area (Å²) in [6.07, 6.45) is 1.66. The van der Waals surface area contributed by atoms with Gasteiger partial charge in [-0.25, -0.2) is 9.51 Å². The molecule has 1 aromatic carbocycles. The summed E-state index contributed by atoms with van der Waals surface area (Å²) >= 11 is 3.04. The van der Waals surface area contributed by atoms with Gasteiger partial charge in [-0.05, 0) is 40.9 Å². The van der Waals surface area contributed by atoms with Crippen LogP contribution in [0.3, 0.4) is 0 Å². The van der Waals surface area contributed by atoms with Gasteiger partial charge in [0.25, 0.3) is 0 Å². The Bertz CT molecular complexity index is 382. The van der Waals surface area contributed by atoms with Gasteiger partial charge in [-0.3, -0.25) is 0 Å². The van der Waals surface area contributed by atoms with E-state index in [4.69, 9.17) is 4.74 Å². The number of hydrogen-bond acceptors (Lipinski definition) is 2. The molecule has 1 aliphatic carbocycles. The summed E-state index contributed by atoms with van der Waals surface area (Å²) < 4.78 is 32.0. The predicted octanol–water partition coefficient (Wildman–Crippen LogP) is 3.45. The highest BCUT2D eigenvalue weighted by Crippen LogP contribution is 2.41.